The summed E-state index contributed by atoms with van der Waals surface area (Å²) in [7, 11) is 2.02. The Morgan fingerprint density at radius 2 is 2.10 bits per heavy atom. The second-order valence-electron chi connectivity index (χ2n) is 5.64. The molecule has 3 rings (SSSR count). The molecule has 0 aromatic heterocycles. The van der Waals surface area contributed by atoms with Crippen molar-refractivity contribution in [3.63, 3.8) is 0 Å². The number of halogens is 1. The Kier molecular flexibility index (Phi) is 4.32. The third-order valence-electron chi connectivity index (χ3n) is 4.24. The van der Waals surface area contributed by atoms with Crippen LogP contribution in [0.5, 0.6) is 0 Å². The Morgan fingerprint density at radius 3 is 2.81 bits per heavy atom. The predicted molar refractivity (Wildman–Crippen MR) is 87.5 cm³/mol. The Bertz CT molecular complexity index is 616. The minimum Gasteiger partial charge on any atom is -0.316 e. The molecule has 0 saturated carbocycles. The summed E-state index contributed by atoms with van der Waals surface area (Å²) in [6.07, 6.45) is 2.04. The lowest BCUT2D eigenvalue weighted by atomic mass is 9.96. The van der Waals surface area contributed by atoms with E-state index >= 15 is 0 Å². The Balaban J connectivity index is 1.75. The minimum atomic E-state index is -0.153. The summed E-state index contributed by atoms with van der Waals surface area (Å²) in [6.45, 7) is 1.99. The van der Waals surface area contributed by atoms with Crippen LogP contribution in [0.25, 0.3) is 0 Å². The van der Waals surface area contributed by atoms with Crippen molar-refractivity contribution < 1.29 is 4.39 Å². The van der Waals surface area contributed by atoms with E-state index in [-0.39, 0.29) is 5.82 Å². The summed E-state index contributed by atoms with van der Waals surface area (Å²) in [5.41, 5.74) is 3.71. The first-order valence-electron chi connectivity index (χ1n) is 7.34. The van der Waals surface area contributed by atoms with E-state index < -0.39 is 0 Å². The van der Waals surface area contributed by atoms with Gasteiger partial charge >= 0.3 is 0 Å². The molecule has 1 heterocycles. The molecule has 110 valence electrons. The van der Waals surface area contributed by atoms with Gasteiger partial charge < -0.3 is 5.32 Å². The van der Waals surface area contributed by atoms with Crippen LogP contribution >= 0.6 is 11.8 Å². The number of rotatable bonds is 4. The van der Waals surface area contributed by atoms with Crippen LogP contribution in [0.2, 0.25) is 0 Å². The number of thioether (sulfide) groups is 1. The van der Waals surface area contributed by atoms with Crippen LogP contribution in [0.4, 0.5) is 4.39 Å². The average Bonchev–Trinajstić information content (AvgIpc) is 2.90. The maximum absolute atomic E-state index is 13.2. The Labute approximate surface area is 130 Å². The zero-order valence-electron chi connectivity index (χ0n) is 12.4. The quantitative estimate of drug-likeness (QED) is 0.916. The van der Waals surface area contributed by atoms with Crippen LogP contribution in [0, 0.1) is 12.7 Å². The molecule has 0 spiro atoms. The van der Waals surface area contributed by atoms with Gasteiger partial charge in [-0.1, -0.05) is 24.3 Å². The molecule has 2 unspecified atom stereocenters. The number of hydrogen-bond donors (Lipinski definition) is 1. The fourth-order valence-corrected chi connectivity index (χ4v) is 4.42. The fourth-order valence-electron chi connectivity index (χ4n) is 2.98. The molecule has 2 atom stereocenters. The molecule has 0 bridgehead atoms. The summed E-state index contributed by atoms with van der Waals surface area (Å²) < 4.78 is 13.2. The highest BCUT2D eigenvalue weighted by Gasteiger charge is 2.28. The molecular formula is C18H20FNS. The molecule has 21 heavy (non-hydrogen) atoms. The van der Waals surface area contributed by atoms with Crippen molar-refractivity contribution in [2.24, 2.45) is 0 Å². The van der Waals surface area contributed by atoms with Crippen molar-refractivity contribution in [2.45, 2.75) is 36.0 Å². The summed E-state index contributed by atoms with van der Waals surface area (Å²) >= 11 is 1.96. The molecule has 1 aliphatic heterocycles. The van der Waals surface area contributed by atoms with Gasteiger partial charge in [0.2, 0.25) is 0 Å². The Hall–Kier alpha value is -1.32. The zero-order chi connectivity index (χ0) is 14.8. The lowest BCUT2D eigenvalue weighted by Gasteiger charge is -2.23. The molecule has 2 aromatic rings. The number of aryl methyl sites for hydroxylation is 1. The zero-order valence-corrected chi connectivity index (χ0v) is 13.2. The largest absolute Gasteiger partial charge is 0.316 e. The first-order chi connectivity index (χ1) is 10.2. The SMILES string of the molecule is CNC(Cc1ccc(F)cc1C)C1Cc2ccccc2S1. The number of fused-ring (bicyclic) bond motifs is 1. The van der Waals surface area contributed by atoms with E-state index in [1.165, 1.54) is 16.0 Å². The van der Waals surface area contributed by atoms with Crippen molar-refractivity contribution in [2.75, 3.05) is 7.05 Å². The molecule has 1 N–H and O–H groups in total. The van der Waals surface area contributed by atoms with Gasteiger partial charge in [-0.3, -0.25) is 0 Å². The van der Waals surface area contributed by atoms with Crippen LogP contribution in [-0.4, -0.2) is 18.3 Å². The number of nitrogens with one attached hydrogen (secondary N) is 1. The van der Waals surface area contributed by atoms with Crippen molar-refractivity contribution in [1.82, 2.24) is 5.32 Å². The summed E-state index contributed by atoms with van der Waals surface area (Å²) in [5, 5.41) is 3.99. The van der Waals surface area contributed by atoms with E-state index in [9.17, 15) is 4.39 Å². The predicted octanol–water partition coefficient (Wildman–Crippen LogP) is 3.98. The molecule has 0 radical (unpaired) electrons. The van der Waals surface area contributed by atoms with Crippen molar-refractivity contribution in [3.05, 3.63) is 65.0 Å². The second kappa shape index (κ2) is 6.20. The molecule has 2 aromatic carbocycles. The fraction of sp³-hybridized carbons (Fsp3) is 0.333. The standard InChI is InChI=1S/C18H20FNS/c1-12-9-15(19)8-7-13(12)10-16(20-2)18-11-14-5-3-4-6-17(14)21-18/h3-9,16,18,20H,10-11H2,1-2H3. The van der Waals surface area contributed by atoms with E-state index in [1.54, 1.807) is 12.1 Å². The van der Waals surface area contributed by atoms with Gasteiger partial charge in [0.1, 0.15) is 5.82 Å². The third-order valence-corrected chi connectivity index (χ3v) is 5.69. The lowest BCUT2D eigenvalue weighted by molar-refractivity contribution is 0.535. The highest BCUT2D eigenvalue weighted by Crippen LogP contribution is 2.39. The maximum Gasteiger partial charge on any atom is 0.123 e. The molecule has 0 aliphatic carbocycles. The lowest BCUT2D eigenvalue weighted by Crippen LogP contribution is -2.37. The van der Waals surface area contributed by atoms with Crippen LogP contribution < -0.4 is 5.32 Å². The van der Waals surface area contributed by atoms with E-state index in [2.05, 4.69) is 29.6 Å². The molecule has 1 nitrogen and oxygen atoms in total. The smallest absolute Gasteiger partial charge is 0.123 e. The van der Waals surface area contributed by atoms with Gasteiger partial charge in [0.25, 0.3) is 0 Å². The monoisotopic (exact) mass is 301 g/mol. The molecule has 0 fully saturated rings. The highest BCUT2D eigenvalue weighted by molar-refractivity contribution is 8.00. The number of benzene rings is 2. The van der Waals surface area contributed by atoms with Gasteiger partial charge in [0, 0.05) is 16.2 Å². The average molecular weight is 301 g/mol. The Morgan fingerprint density at radius 1 is 1.29 bits per heavy atom. The van der Waals surface area contributed by atoms with Gasteiger partial charge in [-0.25, -0.2) is 4.39 Å². The van der Waals surface area contributed by atoms with Gasteiger partial charge in [-0.15, -0.1) is 11.8 Å². The van der Waals surface area contributed by atoms with Crippen molar-refractivity contribution >= 4 is 11.8 Å². The first-order valence-corrected chi connectivity index (χ1v) is 8.22. The summed E-state index contributed by atoms with van der Waals surface area (Å²) in [6, 6.07) is 14.1. The van der Waals surface area contributed by atoms with Crippen molar-refractivity contribution in [3.8, 4) is 0 Å². The van der Waals surface area contributed by atoms with E-state index in [1.807, 2.05) is 31.8 Å². The van der Waals surface area contributed by atoms with Crippen LogP contribution in [0.3, 0.4) is 0 Å². The maximum atomic E-state index is 13.2. The van der Waals surface area contributed by atoms with Gasteiger partial charge in [0.05, 0.1) is 0 Å². The van der Waals surface area contributed by atoms with Crippen LogP contribution in [0.15, 0.2) is 47.4 Å². The number of likely N-dealkylation sites (N-methyl/N-ethyl adjacent to an activating group) is 1. The second-order valence-corrected chi connectivity index (χ2v) is 6.92. The summed E-state index contributed by atoms with van der Waals surface area (Å²) in [4.78, 5) is 1.40. The minimum absolute atomic E-state index is 0.153. The van der Waals surface area contributed by atoms with E-state index in [0.29, 0.717) is 11.3 Å². The van der Waals surface area contributed by atoms with Gasteiger partial charge in [-0.05, 0) is 61.7 Å². The highest BCUT2D eigenvalue weighted by atomic mass is 32.2. The molecule has 1 aliphatic rings. The topological polar surface area (TPSA) is 12.0 Å². The number of hydrogen-bond acceptors (Lipinski definition) is 2. The van der Waals surface area contributed by atoms with Crippen molar-refractivity contribution in [1.29, 1.82) is 0 Å². The normalized spacial score (nSPS) is 18.5. The van der Waals surface area contributed by atoms with Gasteiger partial charge in [0.15, 0.2) is 0 Å². The van der Waals surface area contributed by atoms with Crippen LogP contribution in [-0.2, 0) is 12.8 Å². The molecular weight excluding hydrogens is 281 g/mol. The third kappa shape index (κ3) is 3.14. The van der Waals surface area contributed by atoms with E-state index in [0.717, 1.165) is 18.4 Å². The molecule has 0 saturated heterocycles. The first kappa shape index (κ1) is 14.6. The van der Waals surface area contributed by atoms with Crippen LogP contribution in [0.1, 0.15) is 16.7 Å². The summed E-state index contributed by atoms with van der Waals surface area (Å²) in [5.74, 6) is -0.153. The molecule has 3 heteroatoms. The van der Waals surface area contributed by atoms with Gasteiger partial charge in [-0.2, -0.15) is 0 Å². The van der Waals surface area contributed by atoms with E-state index in [4.69, 9.17) is 0 Å². The molecule has 0 amide bonds.